The first kappa shape index (κ1) is 42.1. The Kier molecular flexibility index (Phi) is 12.5. The lowest BCUT2D eigenvalue weighted by Crippen LogP contribution is -2.48. The number of aromatic nitrogens is 3. The normalized spacial score (nSPS) is 23.6. The van der Waals surface area contributed by atoms with E-state index in [0.29, 0.717) is 55.5 Å². The third-order valence-electron chi connectivity index (χ3n) is 12.7. The number of alkyl halides is 2. The lowest BCUT2D eigenvalue weighted by Gasteiger charge is -2.40. The van der Waals surface area contributed by atoms with Crippen molar-refractivity contribution in [3.8, 4) is 16.9 Å². The third kappa shape index (κ3) is 9.79. The molecule has 16 heteroatoms. The maximum Gasteiger partial charge on any atom is 0.267 e. The van der Waals surface area contributed by atoms with E-state index in [2.05, 4.69) is 25.9 Å². The fraction of sp³-hybridized carbons (Fsp3) is 0.467. The standard InChI is InChI=1S/C45H50F4N8O4/c46-36-25-32(51-38-12-13-39(58)53-42(38)60)10-11-34(36)35-17-20-55(27-45(35,48)49)19-14-28-15-21-56(22-16-28)43(61)30-6-3-7-31(23-30)52-44-50-26-37(47)41(54-44)29-5-4-8-33(24-29)57-18-2-1-9-40(57)59/h1-2,4-5,8-11,18,24-26,28,30-31,35,38,51H,3,6-7,12-17,19-23,27H2,(H,50,52,54)(H,53,58,60)/t30-,31+,35?,38?/m0/s1. The first-order chi connectivity index (χ1) is 29.4. The molecule has 4 aliphatic rings. The van der Waals surface area contributed by atoms with Crippen LogP contribution in [0.5, 0.6) is 0 Å². The first-order valence-electron chi connectivity index (χ1n) is 21.3. The van der Waals surface area contributed by atoms with Crippen LogP contribution in [0.25, 0.3) is 16.9 Å². The van der Waals surface area contributed by atoms with E-state index in [1.54, 1.807) is 47.5 Å². The maximum absolute atomic E-state index is 15.6. The van der Waals surface area contributed by atoms with E-state index in [9.17, 15) is 19.2 Å². The number of anilines is 2. The van der Waals surface area contributed by atoms with Crippen LogP contribution in [0.3, 0.4) is 0 Å². The van der Waals surface area contributed by atoms with E-state index in [1.165, 1.54) is 22.8 Å². The fourth-order valence-corrected chi connectivity index (χ4v) is 9.39. The molecule has 0 spiro atoms. The molecule has 3 amide bonds. The number of benzene rings is 2. The number of carbonyl (C=O) groups excluding carboxylic acids is 3. The van der Waals surface area contributed by atoms with Gasteiger partial charge in [-0.1, -0.05) is 30.7 Å². The van der Waals surface area contributed by atoms with Crippen LogP contribution in [0.2, 0.25) is 0 Å². The number of pyridine rings is 1. The summed E-state index contributed by atoms with van der Waals surface area (Å²) in [7, 11) is 0. The van der Waals surface area contributed by atoms with Crippen molar-refractivity contribution >= 4 is 29.4 Å². The summed E-state index contributed by atoms with van der Waals surface area (Å²) in [4.78, 5) is 62.0. The fourth-order valence-electron chi connectivity index (χ4n) is 9.39. The second-order valence-electron chi connectivity index (χ2n) is 16.9. The molecule has 0 bridgehead atoms. The molecular formula is C45H50F4N8O4. The van der Waals surface area contributed by atoms with Crippen molar-refractivity contribution in [2.75, 3.05) is 43.4 Å². The number of nitrogens with zero attached hydrogens (tertiary/aromatic N) is 5. The highest BCUT2D eigenvalue weighted by molar-refractivity contribution is 6.01. The Hall–Kier alpha value is -5.64. The van der Waals surface area contributed by atoms with Gasteiger partial charge in [-0.05, 0) is 106 Å². The maximum atomic E-state index is 15.6. The highest BCUT2D eigenvalue weighted by Gasteiger charge is 2.46. The minimum absolute atomic E-state index is 0.0462. The highest BCUT2D eigenvalue weighted by Crippen LogP contribution is 2.42. The summed E-state index contributed by atoms with van der Waals surface area (Å²) in [5.41, 5.74) is 1.22. The van der Waals surface area contributed by atoms with Crippen LogP contribution in [0, 0.1) is 23.5 Å². The summed E-state index contributed by atoms with van der Waals surface area (Å²) in [6, 6.07) is 15.0. The zero-order valence-corrected chi connectivity index (χ0v) is 33.8. The van der Waals surface area contributed by atoms with E-state index in [1.807, 2.05) is 4.90 Å². The molecule has 5 heterocycles. The second-order valence-corrected chi connectivity index (χ2v) is 16.9. The SMILES string of the molecule is O=C1CCC(Nc2ccc(C3CCN(CCC4CCN(C(=O)[C@H]5CCC[C@@H](Nc6ncc(F)c(-c7cccc(-n8ccccc8=O)c7)n6)C5)CC4)CC3(F)F)c(F)c2)C(=O)N1. The predicted molar refractivity (Wildman–Crippen MR) is 221 cm³/mol. The van der Waals surface area contributed by atoms with Gasteiger partial charge in [-0.25, -0.2) is 27.5 Å². The largest absolute Gasteiger partial charge is 0.374 e. The predicted octanol–water partition coefficient (Wildman–Crippen LogP) is 6.51. The van der Waals surface area contributed by atoms with Gasteiger partial charge in [-0.15, -0.1) is 0 Å². The quantitative estimate of drug-likeness (QED) is 0.114. The van der Waals surface area contributed by atoms with E-state index in [-0.39, 0.29) is 65.8 Å². The van der Waals surface area contributed by atoms with Crippen LogP contribution >= 0.6 is 0 Å². The van der Waals surface area contributed by atoms with E-state index in [0.717, 1.165) is 50.8 Å². The number of likely N-dealkylation sites (tertiary alicyclic amines) is 2. The molecule has 2 aromatic carbocycles. The van der Waals surface area contributed by atoms with Crippen molar-refractivity contribution in [1.29, 1.82) is 0 Å². The Morgan fingerprint density at radius 2 is 1.72 bits per heavy atom. The van der Waals surface area contributed by atoms with E-state index in [4.69, 9.17) is 0 Å². The lowest BCUT2D eigenvalue weighted by molar-refractivity contribution is -0.138. The molecule has 61 heavy (non-hydrogen) atoms. The van der Waals surface area contributed by atoms with Gasteiger partial charge in [0, 0.05) is 60.7 Å². The Bertz CT molecular complexity index is 2320. The van der Waals surface area contributed by atoms with Gasteiger partial charge < -0.3 is 15.5 Å². The lowest BCUT2D eigenvalue weighted by atomic mass is 9.83. The number of carbonyl (C=O) groups is 3. The number of imide groups is 1. The number of rotatable bonds is 11. The molecule has 3 saturated heterocycles. The minimum atomic E-state index is -3.14. The number of nitrogens with one attached hydrogen (secondary N) is 3. The average Bonchev–Trinajstić information content (AvgIpc) is 3.25. The van der Waals surface area contributed by atoms with Crippen LogP contribution in [-0.2, 0) is 14.4 Å². The number of piperidine rings is 3. The Balaban J connectivity index is 0.792. The van der Waals surface area contributed by atoms with Crippen molar-refractivity contribution in [2.45, 2.75) is 88.1 Å². The van der Waals surface area contributed by atoms with Crippen LogP contribution < -0.4 is 21.5 Å². The van der Waals surface area contributed by atoms with Gasteiger partial charge in [0.05, 0.1) is 18.7 Å². The molecule has 12 nitrogen and oxygen atoms in total. The van der Waals surface area contributed by atoms with Crippen LogP contribution in [0.1, 0.15) is 75.7 Å². The summed E-state index contributed by atoms with van der Waals surface area (Å²) >= 11 is 0. The van der Waals surface area contributed by atoms with Crippen LogP contribution in [0.4, 0.5) is 29.2 Å². The minimum Gasteiger partial charge on any atom is -0.374 e. The third-order valence-corrected chi connectivity index (χ3v) is 12.7. The van der Waals surface area contributed by atoms with Crippen molar-refractivity contribution in [3.05, 3.63) is 101 Å². The molecule has 1 aliphatic carbocycles. The monoisotopic (exact) mass is 842 g/mol. The van der Waals surface area contributed by atoms with E-state index < -0.39 is 42.0 Å². The Morgan fingerprint density at radius 1 is 0.885 bits per heavy atom. The molecular weight excluding hydrogens is 793 g/mol. The number of halogens is 4. The topological polar surface area (TPSA) is 142 Å². The van der Waals surface area contributed by atoms with Crippen molar-refractivity contribution in [2.24, 2.45) is 11.8 Å². The summed E-state index contributed by atoms with van der Waals surface area (Å²) < 4.78 is 62.9. The first-order valence-corrected chi connectivity index (χ1v) is 21.3. The summed E-state index contributed by atoms with van der Waals surface area (Å²) in [5, 5.41) is 8.48. The molecule has 0 radical (unpaired) electrons. The molecule has 4 fully saturated rings. The van der Waals surface area contributed by atoms with Crippen LogP contribution in [0.15, 0.2) is 77.9 Å². The molecule has 4 atom stereocenters. The summed E-state index contributed by atoms with van der Waals surface area (Å²) in [6.45, 7) is 1.68. The number of hydrogen-bond acceptors (Lipinski definition) is 9. The molecule has 2 unspecified atom stereocenters. The van der Waals surface area contributed by atoms with Gasteiger partial charge in [0.15, 0.2) is 5.82 Å². The van der Waals surface area contributed by atoms with Gasteiger partial charge in [0.25, 0.3) is 11.5 Å². The Morgan fingerprint density at radius 3 is 2.49 bits per heavy atom. The molecule has 322 valence electrons. The van der Waals surface area contributed by atoms with Crippen LogP contribution in [-0.4, -0.2) is 92.8 Å². The number of hydrogen-bond donors (Lipinski definition) is 3. The molecule has 3 N–H and O–H groups in total. The summed E-state index contributed by atoms with van der Waals surface area (Å²) in [6.07, 6.45) is 8.66. The second kappa shape index (κ2) is 18.1. The molecule has 4 aromatic rings. The van der Waals surface area contributed by atoms with Crippen molar-refractivity contribution in [3.63, 3.8) is 0 Å². The molecule has 1 saturated carbocycles. The molecule has 3 aliphatic heterocycles. The van der Waals surface area contributed by atoms with Crippen molar-refractivity contribution in [1.82, 2.24) is 29.7 Å². The zero-order valence-electron chi connectivity index (χ0n) is 33.8. The molecule has 2 aromatic heterocycles. The highest BCUT2D eigenvalue weighted by atomic mass is 19.3. The van der Waals surface area contributed by atoms with Gasteiger partial charge >= 0.3 is 0 Å². The van der Waals surface area contributed by atoms with Crippen molar-refractivity contribution < 1.29 is 31.9 Å². The Labute approximate surface area is 351 Å². The van der Waals surface area contributed by atoms with Gasteiger partial charge in [-0.3, -0.25) is 34.0 Å². The van der Waals surface area contributed by atoms with Gasteiger partial charge in [-0.2, -0.15) is 0 Å². The number of amides is 3. The zero-order chi connectivity index (χ0) is 42.7. The summed E-state index contributed by atoms with van der Waals surface area (Å²) in [5.74, 6) is -6.10. The van der Waals surface area contributed by atoms with Gasteiger partial charge in [0.2, 0.25) is 23.7 Å². The molecule has 8 rings (SSSR count). The van der Waals surface area contributed by atoms with Gasteiger partial charge in [0.1, 0.15) is 17.6 Å². The smallest absolute Gasteiger partial charge is 0.267 e. The average molecular weight is 843 g/mol. The van der Waals surface area contributed by atoms with E-state index >= 15 is 17.6 Å².